The van der Waals surface area contributed by atoms with Crippen molar-refractivity contribution in [2.24, 2.45) is 0 Å². The van der Waals surface area contributed by atoms with Crippen molar-refractivity contribution < 1.29 is 14.0 Å². The number of amides is 2. The molecule has 6 heteroatoms. The van der Waals surface area contributed by atoms with Crippen LogP contribution >= 0.6 is 12.2 Å². The van der Waals surface area contributed by atoms with Crippen molar-refractivity contribution in [3.63, 3.8) is 0 Å². The minimum absolute atomic E-state index is 0.0214. The Hall–Kier alpha value is -2.73. The lowest BCUT2D eigenvalue weighted by Crippen LogP contribution is -2.54. The van der Waals surface area contributed by atoms with Crippen molar-refractivity contribution in [1.82, 2.24) is 5.32 Å². The number of aryl methyl sites for hydroxylation is 3. The first-order valence-electron chi connectivity index (χ1n) is 7.42. The second-order valence-corrected chi connectivity index (χ2v) is 6.05. The van der Waals surface area contributed by atoms with Gasteiger partial charge in [-0.1, -0.05) is 17.7 Å². The van der Waals surface area contributed by atoms with E-state index >= 15 is 0 Å². The van der Waals surface area contributed by atoms with Crippen LogP contribution in [0.2, 0.25) is 0 Å². The van der Waals surface area contributed by atoms with Gasteiger partial charge in [-0.15, -0.1) is 0 Å². The third-order valence-electron chi connectivity index (χ3n) is 3.77. The third-order valence-corrected chi connectivity index (χ3v) is 4.06. The zero-order valence-electron chi connectivity index (χ0n) is 13.5. The number of thiocarbonyl (C=S) groups is 1. The number of hydrogen-bond acceptors (Lipinski definition) is 4. The molecule has 1 aliphatic heterocycles. The summed E-state index contributed by atoms with van der Waals surface area (Å²) >= 11 is 5.17. The number of nitrogens with zero attached hydrogens (tertiary/aromatic N) is 1. The molecule has 2 heterocycles. The second-order valence-electron chi connectivity index (χ2n) is 5.66. The number of carbonyl (C=O) groups is 2. The van der Waals surface area contributed by atoms with Gasteiger partial charge in [0, 0.05) is 5.56 Å². The van der Waals surface area contributed by atoms with Crippen LogP contribution < -0.4 is 10.2 Å². The molecule has 0 atom stereocenters. The van der Waals surface area contributed by atoms with Crippen molar-refractivity contribution in [1.29, 1.82) is 0 Å². The van der Waals surface area contributed by atoms with E-state index in [2.05, 4.69) is 5.32 Å². The van der Waals surface area contributed by atoms with Crippen LogP contribution in [-0.4, -0.2) is 16.9 Å². The Morgan fingerprint density at radius 2 is 1.79 bits per heavy atom. The van der Waals surface area contributed by atoms with Crippen molar-refractivity contribution >= 4 is 40.9 Å². The first kappa shape index (κ1) is 16.1. The SMILES string of the molecule is Cc1ccc(N2C(=O)/C(=C/c3cc(C)oc3C)C(=O)NC2=S)cc1. The molecule has 1 aromatic carbocycles. The molecule has 0 unspecified atom stereocenters. The Bertz CT molecular complexity index is 878. The number of hydrogen-bond donors (Lipinski definition) is 1. The lowest BCUT2D eigenvalue weighted by Gasteiger charge is -2.28. The van der Waals surface area contributed by atoms with Crippen LogP contribution in [0.4, 0.5) is 5.69 Å². The van der Waals surface area contributed by atoms with E-state index in [1.54, 1.807) is 25.1 Å². The highest BCUT2D eigenvalue weighted by Crippen LogP contribution is 2.24. The molecule has 0 saturated carbocycles. The highest BCUT2D eigenvalue weighted by Gasteiger charge is 2.34. The van der Waals surface area contributed by atoms with E-state index in [0.717, 1.165) is 5.56 Å². The molecule has 0 bridgehead atoms. The Balaban J connectivity index is 2.03. The monoisotopic (exact) mass is 340 g/mol. The summed E-state index contributed by atoms with van der Waals surface area (Å²) in [5.41, 5.74) is 2.40. The summed E-state index contributed by atoms with van der Waals surface area (Å²) in [6.45, 7) is 5.55. The highest BCUT2D eigenvalue weighted by atomic mass is 32.1. The normalized spacial score (nSPS) is 16.7. The second kappa shape index (κ2) is 6.05. The molecule has 24 heavy (non-hydrogen) atoms. The molecule has 1 aromatic heterocycles. The third kappa shape index (κ3) is 2.88. The first-order valence-corrected chi connectivity index (χ1v) is 7.83. The summed E-state index contributed by atoms with van der Waals surface area (Å²) in [4.78, 5) is 26.4. The maximum Gasteiger partial charge on any atom is 0.270 e. The number of carbonyl (C=O) groups excluding carboxylic acids is 2. The van der Waals surface area contributed by atoms with Crippen molar-refractivity contribution in [3.05, 3.63) is 58.6 Å². The summed E-state index contributed by atoms with van der Waals surface area (Å²) in [7, 11) is 0. The predicted octanol–water partition coefficient (Wildman–Crippen LogP) is 3.04. The van der Waals surface area contributed by atoms with E-state index in [1.807, 2.05) is 26.0 Å². The molecule has 5 nitrogen and oxygen atoms in total. The van der Waals surface area contributed by atoms with E-state index in [-0.39, 0.29) is 10.7 Å². The predicted molar refractivity (Wildman–Crippen MR) is 95.6 cm³/mol. The lowest BCUT2D eigenvalue weighted by atomic mass is 10.1. The molecule has 122 valence electrons. The Morgan fingerprint density at radius 3 is 2.38 bits per heavy atom. The molecule has 2 aromatic rings. The lowest BCUT2D eigenvalue weighted by molar-refractivity contribution is -0.122. The highest BCUT2D eigenvalue weighted by molar-refractivity contribution is 7.80. The summed E-state index contributed by atoms with van der Waals surface area (Å²) in [5.74, 6) is 0.405. The average molecular weight is 340 g/mol. The van der Waals surface area contributed by atoms with E-state index < -0.39 is 11.8 Å². The van der Waals surface area contributed by atoms with Crippen LogP contribution in [-0.2, 0) is 9.59 Å². The fraction of sp³-hybridized carbons (Fsp3) is 0.167. The Kier molecular flexibility index (Phi) is 4.07. The van der Waals surface area contributed by atoms with E-state index in [1.165, 1.54) is 11.0 Å². The largest absolute Gasteiger partial charge is 0.466 e. The number of nitrogens with one attached hydrogen (secondary N) is 1. The van der Waals surface area contributed by atoms with Crippen LogP contribution in [0, 0.1) is 20.8 Å². The van der Waals surface area contributed by atoms with E-state index in [0.29, 0.717) is 22.8 Å². The standard InChI is InChI=1S/C18H16N2O3S/c1-10-4-6-14(7-5-10)20-17(22)15(16(21)19-18(20)24)9-13-8-11(2)23-12(13)3/h4-9H,1-3H3,(H,19,21,24)/b15-9+. The molecule has 1 N–H and O–H groups in total. The number of anilines is 1. The molecule has 1 fully saturated rings. The van der Waals surface area contributed by atoms with Gasteiger partial charge in [0.15, 0.2) is 5.11 Å². The van der Waals surface area contributed by atoms with Gasteiger partial charge in [-0.3, -0.25) is 19.8 Å². The fourth-order valence-electron chi connectivity index (χ4n) is 2.54. The molecular weight excluding hydrogens is 324 g/mol. The van der Waals surface area contributed by atoms with Gasteiger partial charge >= 0.3 is 0 Å². The first-order chi connectivity index (χ1) is 11.4. The van der Waals surface area contributed by atoms with Crippen LogP contribution in [0.3, 0.4) is 0 Å². The smallest absolute Gasteiger partial charge is 0.270 e. The van der Waals surface area contributed by atoms with Gasteiger partial charge in [-0.25, -0.2) is 0 Å². The minimum Gasteiger partial charge on any atom is -0.466 e. The molecule has 0 radical (unpaired) electrons. The fourth-order valence-corrected chi connectivity index (χ4v) is 2.82. The van der Waals surface area contributed by atoms with E-state index in [4.69, 9.17) is 16.6 Å². The van der Waals surface area contributed by atoms with Gasteiger partial charge in [0.1, 0.15) is 17.1 Å². The maximum absolute atomic E-state index is 12.8. The Labute approximate surface area is 144 Å². The van der Waals surface area contributed by atoms with Gasteiger partial charge in [-0.2, -0.15) is 0 Å². The number of benzene rings is 1. The zero-order chi connectivity index (χ0) is 17.4. The quantitative estimate of drug-likeness (QED) is 0.518. The summed E-state index contributed by atoms with van der Waals surface area (Å²) in [6.07, 6.45) is 1.53. The summed E-state index contributed by atoms with van der Waals surface area (Å²) in [5, 5.41) is 2.64. The molecule has 0 spiro atoms. The molecular formula is C18H16N2O3S. The van der Waals surface area contributed by atoms with Crippen LogP contribution in [0.25, 0.3) is 6.08 Å². The van der Waals surface area contributed by atoms with Crippen LogP contribution in [0.5, 0.6) is 0 Å². The average Bonchev–Trinajstić information content (AvgIpc) is 2.83. The molecule has 1 saturated heterocycles. The van der Waals surface area contributed by atoms with E-state index in [9.17, 15) is 9.59 Å². The maximum atomic E-state index is 12.8. The van der Waals surface area contributed by atoms with Gasteiger partial charge in [0.2, 0.25) is 0 Å². The van der Waals surface area contributed by atoms with Gasteiger partial charge < -0.3 is 4.42 Å². The van der Waals surface area contributed by atoms with Gasteiger partial charge in [0.25, 0.3) is 11.8 Å². The molecule has 1 aliphatic rings. The zero-order valence-corrected chi connectivity index (χ0v) is 14.4. The van der Waals surface area contributed by atoms with Gasteiger partial charge in [0.05, 0.1) is 5.69 Å². The summed E-state index contributed by atoms with van der Waals surface area (Å²) in [6, 6.07) is 9.14. The molecule has 3 rings (SSSR count). The Morgan fingerprint density at radius 1 is 1.12 bits per heavy atom. The topological polar surface area (TPSA) is 62.6 Å². The molecule has 2 amide bonds. The molecule has 0 aliphatic carbocycles. The van der Waals surface area contributed by atoms with Crippen LogP contribution in [0.15, 0.2) is 40.3 Å². The van der Waals surface area contributed by atoms with Gasteiger partial charge in [-0.05, 0) is 57.3 Å². The summed E-state index contributed by atoms with van der Waals surface area (Å²) < 4.78 is 5.45. The minimum atomic E-state index is -0.508. The van der Waals surface area contributed by atoms with Crippen molar-refractivity contribution in [3.8, 4) is 0 Å². The van der Waals surface area contributed by atoms with Crippen molar-refractivity contribution in [2.45, 2.75) is 20.8 Å². The number of rotatable bonds is 2. The number of furan rings is 1. The van der Waals surface area contributed by atoms with Crippen molar-refractivity contribution in [2.75, 3.05) is 4.90 Å². The van der Waals surface area contributed by atoms with Crippen LogP contribution in [0.1, 0.15) is 22.6 Å².